The van der Waals surface area contributed by atoms with E-state index < -0.39 is 5.91 Å². The van der Waals surface area contributed by atoms with Gasteiger partial charge in [0.25, 0.3) is 0 Å². The van der Waals surface area contributed by atoms with Crippen LogP contribution in [0.1, 0.15) is 23.2 Å². The maximum absolute atomic E-state index is 11.5. The summed E-state index contributed by atoms with van der Waals surface area (Å²) in [5.41, 5.74) is 11.1. The van der Waals surface area contributed by atoms with Crippen LogP contribution in [-0.2, 0) is 4.79 Å². The van der Waals surface area contributed by atoms with Gasteiger partial charge in [0.2, 0.25) is 11.8 Å². The number of benzene rings is 1. The minimum atomic E-state index is -0.570. The Labute approximate surface area is 104 Å². The Balaban J connectivity index is 2.79. The molecule has 0 radical (unpaired) electrons. The number of hydrogen-bond donors (Lipinski definition) is 3. The Kier molecular flexibility index (Phi) is 4.93. The van der Waals surface area contributed by atoms with Crippen molar-refractivity contribution in [1.82, 2.24) is 0 Å². The molecule has 0 aliphatic carbocycles. The summed E-state index contributed by atoms with van der Waals surface area (Å²) in [6, 6.07) is 4.46. The molecule has 5 N–H and O–H groups in total. The second-order valence-corrected chi connectivity index (χ2v) is 3.91. The van der Waals surface area contributed by atoms with Crippen LogP contribution in [0.3, 0.4) is 0 Å². The van der Waals surface area contributed by atoms with Crippen molar-refractivity contribution in [2.24, 2.45) is 11.5 Å². The summed E-state index contributed by atoms with van der Waals surface area (Å²) in [7, 11) is 0. The number of anilines is 1. The molecule has 1 aromatic rings. The highest BCUT2D eigenvalue weighted by molar-refractivity contribution is 6.33. The number of hydrogen-bond acceptors (Lipinski definition) is 3. The number of carbonyl (C=O) groups excluding carboxylic acids is 2. The SMILES string of the molecule is NCCCC(=O)Nc1cc(C(N)=O)ccc1Cl. The molecule has 0 aromatic heterocycles. The molecule has 0 aliphatic rings. The average molecular weight is 256 g/mol. The van der Waals surface area contributed by atoms with Crippen LogP contribution in [-0.4, -0.2) is 18.4 Å². The van der Waals surface area contributed by atoms with Crippen molar-refractivity contribution < 1.29 is 9.59 Å². The standard InChI is InChI=1S/C11H14ClN3O2/c12-8-4-3-7(11(14)17)6-9(8)15-10(16)2-1-5-13/h3-4,6H,1-2,5,13H2,(H2,14,17)(H,15,16). The number of halogens is 1. The summed E-state index contributed by atoms with van der Waals surface area (Å²) < 4.78 is 0. The molecule has 0 spiro atoms. The van der Waals surface area contributed by atoms with E-state index in [1.165, 1.54) is 18.2 Å². The van der Waals surface area contributed by atoms with Gasteiger partial charge in [-0.15, -0.1) is 0 Å². The summed E-state index contributed by atoms with van der Waals surface area (Å²) in [6.45, 7) is 0.447. The summed E-state index contributed by atoms with van der Waals surface area (Å²) in [6.07, 6.45) is 0.909. The van der Waals surface area contributed by atoms with Gasteiger partial charge in [-0.1, -0.05) is 11.6 Å². The number of nitrogens with one attached hydrogen (secondary N) is 1. The molecule has 6 heteroatoms. The molecule has 0 unspecified atom stereocenters. The van der Waals surface area contributed by atoms with Crippen molar-refractivity contribution in [1.29, 1.82) is 0 Å². The monoisotopic (exact) mass is 255 g/mol. The zero-order chi connectivity index (χ0) is 12.8. The Morgan fingerprint density at radius 2 is 2.06 bits per heavy atom. The van der Waals surface area contributed by atoms with E-state index in [1.807, 2.05) is 0 Å². The number of nitrogens with two attached hydrogens (primary N) is 2. The lowest BCUT2D eigenvalue weighted by atomic mass is 10.2. The third-order valence-electron chi connectivity index (χ3n) is 2.13. The van der Waals surface area contributed by atoms with Gasteiger partial charge >= 0.3 is 0 Å². The van der Waals surface area contributed by atoms with Crippen LogP contribution in [0.25, 0.3) is 0 Å². The first kappa shape index (κ1) is 13.5. The van der Waals surface area contributed by atoms with Crippen LogP contribution >= 0.6 is 11.6 Å². The van der Waals surface area contributed by atoms with E-state index >= 15 is 0 Å². The third-order valence-corrected chi connectivity index (χ3v) is 2.46. The molecule has 17 heavy (non-hydrogen) atoms. The average Bonchev–Trinajstić information content (AvgIpc) is 2.29. The predicted octanol–water partition coefficient (Wildman–Crippen LogP) is 1.12. The van der Waals surface area contributed by atoms with Crippen LogP contribution < -0.4 is 16.8 Å². The van der Waals surface area contributed by atoms with E-state index in [-0.39, 0.29) is 5.91 Å². The van der Waals surface area contributed by atoms with E-state index in [9.17, 15) is 9.59 Å². The molecule has 0 atom stereocenters. The third kappa shape index (κ3) is 4.05. The van der Waals surface area contributed by atoms with E-state index in [2.05, 4.69) is 5.32 Å². The van der Waals surface area contributed by atoms with E-state index in [0.717, 1.165) is 0 Å². The Bertz CT molecular complexity index is 435. The van der Waals surface area contributed by atoms with Crippen LogP contribution in [0, 0.1) is 0 Å². The van der Waals surface area contributed by atoms with Crippen molar-refractivity contribution in [3.05, 3.63) is 28.8 Å². The first-order chi connectivity index (χ1) is 8.04. The Hall–Kier alpha value is -1.59. The van der Waals surface area contributed by atoms with Gasteiger partial charge in [-0.25, -0.2) is 0 Å². The van der Waals surface area contributed by atoms with Crippen molar-refractivity contribution in [2.75, 3.05) is 11.9 Å². The minimum absolute atomic E-state index is 0.195. The molecular weight excluding hydrogens is 242 g/mol. The fraction of sp³-hybridized carbons (Fsp3) is 0.273. The molecule has 1 aromatic carbocycles. The van der Waals surface area contributed by atoms with E-state index in [1.54, 1.807) is 0 Å². The van der Waals surface area contributed by atoms with E-state index in [0.29, 0.717) is 35.7 Å². The number of amides is 2. The smallest absolute Gasteiger partial charge is 0.248 e. The largest absolute Gasteiger partial charge is 0.366 e. The van der Waals surface area contributed by atoms with Crippen molar-refractivity contribution in [3.8, 4) is 0 Å². The normalized spacial score (nSPS) is 10.0. The number of carbonyl (C=O) groups is 2. The van der Waals surface area contributed by atoms with Crippen molar-refractivity contribution in [3.63, 3.8) is 0 Å². The molecule has 0 saturated heterocycles. The molecular formula is C11H14ClN3O2. The van der Waals surface area contributed by atoms with Crippen LogP contribution in [0.15, 0.2) is 18.2 Å². The quantitative estimate of drug-likeness (QED) is 0.735. The maximum atomic E-state index is 11.5. The van der Waals surface area contributed by atoms with Crippen LogP contribution in [0.5, 0.6) is 0 Å². The lowest BCUT2D eigenvalue weighted by Gasteiger charge is -2.08. The van der Waals surface area contributed by atoms with Gasteiger partial charge in [-0.2, -0.15) is 0 Å². The van der Waals surface area contributed by atoms with Gasteiger partial charge in [0.1, 0.15) is 0 Å². The summed E-state index contributed by atoms with van der Waals surface area (Å²) in [5, 5.41) is 2.96. The van der Waals surface area contributed by atoms with E-state index in [4.69, 9.17) is 23.1 Å². The van der Waals surface area contributed by atoms with Crippen LogP contribution in [0.4, 0.5) is 5.69 Å². The molecule has 0 fully saturated rings. The van der Waals surface area contributed by atoms with Crippen molar-refractivity contribution >= 4 is 29.1 Å². The van der Waals surface area contributed by atoms with Gasteiger partial charge in [0.05, 0.1) is 10.7 Å². The van der Waals surface area contributed by atoms with Crippen molar-refractivity contribution in [2.45, 2.75) is 12.8 Å². The van der Waals surface area contributed by atoms with Gasteiger partial charge in [-0.3, -0.25) is 9.59 Å². The highest BCUT2D eigenvalue weighted by atomic mass is 35.5. The van der Waals surface area contributed by atoms with Gasteiger partial charge in [-0.05, 0) is 31.2 Å². The molecule has 2 amide bonds. The highest BCUT2D eigenvalue weighted by Crippen LogP contribution is 2.23. The topological polar surface area (TPSA) is 98.2 Å². The zero-order valence-corrected chi connectivity index (χ0v) is 9.96. The van der Waals surface area contributed by atoms with Gasteiger partial charge in [0, 0.05) is 12.0 Å². The molecule has 0 bridgehead atoms. The molecule has 0 saturated carbocycles. The zero-order valence-electron chi connectivity index (χ0n) is 9.20. The summed E-state index contributed by atoms with van der Waals surface area (Å²) in [5.74, 6) is -0.766. The van der Waals surface area contributed by atoms with Crippen LogP contribution in [0.2, 0.25) is 5.02 Å². The molecule has 0 heterocycles. The van der Waals surface area contributed by atoms with Gasteiger partial charge in [0.15, 0.2) is 0 Å². The number of primary amides is 1. The maximum Gasteiger partial charge on any atom is 0.248 e. The fourth-order valence-corrected chi connectivity index (χ4v) is 1.41. The first-order valence-electron chi connectivity index (χ1n) is 5.14. The first-order valence-corrected chi connectivity index (χ1v) is 5.51. The number of rotatable bonds is 5. The second kappa shape index (κ2) is 6.22. The summed E-state index contributed by atoms with van der Waals surface area (Å²) in [4.78, 5) is 22.4. The fourth-order valence-electron chi connectivity index (χ4n) is 1.25. The molecule has 5 nitrogen and oxygen atoms in total. The Morgan fingerprint density at radius 1 is 1.35 bits per heavy atom. The predicted molar refractivity (Wildman–Crippen MR) is 66.9 cm³/mol. The Morgan fingerprint density at radius 3 is 2.65 bits per heavy atom. The second-order valence-electron chi connectivity index (χ2n) is 3.50. The molecule has 92 valence electrons. The lowest BCUT2D eigenvalue weighted by molar-refractivity contribution is -0.116. The molecule has 0 aliphatic heterocycles. The lowest BCUT2D eigenvalue weighted by Crippen LogP contribution is -2.15. The summed E-state index contributed by atoms with van der Waals surface area (Å²) >= 11 is 5.89. The minimum Gasteiger partial charge on any atom is -0.366 e. The van der Waals surface area contributed by atoms with Gasteiger partial charge < -0.3 is 16.8 Å². The molecule has 1 rings (SSSR count). The highest BCUT2D eigenvalue weighted by Gasteiger charge is 2.08.